The van der Waals surface area contributed by atoms with Gasteiger partial charge in [-0.25, -0.2) is 21.6 Å². The molecule has 9 heteroatoms. The third-order valence-electron chi connectivity index (χ3n) is 4.03. The first-order valence-corrected chi connectivity index (χ1v) is 11.0. The molecule has 7 nitrogen and oxygen atoms in total. The van der Waals surface area contributed by atoms with Crippen LogP contribution in [0.15, 0.2) is 64.4 Å². The molecule has 140 valence electrons. The molecule has 1 aliphatic heterocycles. The molecule has 0 bridgehead atoms. The Balaban J connectivity index is 1.81. The first kappa shape index (κ1) is 19.0. The number of sulfonamides is 2. The maximum absolute atomic E-state index is 12.7. The second kappa shape index (κ2) is 7.85. The van der Waals surface area contributed by atoms with Gasteiger partial charge in [-0.15, -0.1) is 0 Å². The van der Waals surface area contributed by atoms with E-state index in [1.807, 2.05) is 30.3 Å². The highest BCUT2D eigenvalue weighted by Crippen LogP contribution is 2.20. The quantitative estimate of drug-likeness (QED) is 0.792. The van der Waals surface area contributed by atoms with Gasteiger partial charge in [-0.2, -0.15) is 4.31 Å². The molecule has 0 atom stereocenters. The number of rotatable bonds is 6. The van der Waals surface area contributed by atoms with Crippen LogP contribution in [0.1, 0.15) is 5.56 Å². The van der Waals surface area contributed by atoms with Crippen LogP contribution in [0.3, 0.4) is 0 Å². The maximum Gasteiger partial charge on any atom is 0.243 e. The lowest BCUT2D eigenvalue weighted by atomic mass is 10.2. The van der Waals surface area contributed by atoms with E-state index in [2.05, 4.69) is 4.72 Å². The molecule has 0 aliphatic carbocycles. The number of hydrogen-bond acceptors (Lipinski definition) is 5. The Labute approximate surface area is 153 Å². The summed E-state index contributed by atoms with van der Waals surface area (Å²) in [6.45, 7) is 1.30. The van der Waals surface area contributed by atoms with Crippen molar-refractivity contribution in [2.24, 2.45) is 0 Å². The summed E-state index contributed by atoms with van der Waals surface area (Å²) >= 11 is 0. The average Bonchev–Trinajstić information content (AvgIpc) is 2.68. The van der Waals surface area contributed by atoms with Crippen LogP contribution in [0, 0.1) is 0 Å². The Hall–Kier alpha value is -1.78. The smallest absolute Gasteiger partial charge is 0.243 e. The molecule has 0 radical (unpaired) electrons. The fraction of sp³-hybridized carbons (Fsp3) is 0.294. The zero-order chi connectivity index (χ0) is 18.6. The summed E-state index contributed by atoms with van der Waals surface area (Å²) in [6, 6.07) is 14.5. The van der Waals surface area contributed by atoms with Crippen molar-refractivity contribution in [3.63, 3.8) is 0 Å². The van der Waals surface area contributed by atoms with Crippen LogP contribution in [0.2, 0.25) is 0 Å². The monoisotopic (exact) mass is 396 g/mol. The highest BCUT2D eigenvalue weighted by Gasteiger charge is 2.27. The first-order chi connectivity index (χ1) is 12.4. The Morgan fingerprint density at radius 3 is 2.23 bits per heavy atom. The third kappa shape index (κ3) is 4.30. The highest BCUT2D eigenvalue weighted by molar-refractivity contribution is 7.90. The van der Waals surface area contributed by atoms with Crippen LogP contribution >= 0.6 is 0 Å². The predicted molar refractivity (Wildman–Crippen MR) is 96.5 cm³/mol. The summed E-state index contributed by atoms with van der Waals surface area (Å²) in [4.78, 5) is -0.121. The Morgan fingerprint density at radius 1 is 0.885 bits per heavy atom. The molecular formula is C17H20N2O5S2. The van der Waals surface area contributed by atoms with E-state index in [0.29, 0.717) is 13.2 Å². The van der Waals surface area contributed by atoms with Crippen LogP contribution in [-0.2, 0) is 31.3 Å². The van der Waals surface area contributed by atoms with Gasteiger partial charge in [-0.05, 0) is 23.8 Å². The van der Waals surface area contributed by atoms with Crippen LogP contribution in [-0.4, -0.2) is 47.4 Å². The number of benzene rings is 2. The van der Waals surface area contributed by atoms with Gasteiger partial charge in [0.25, 0.3) is 0 Å². The first-order valence-electron chi connectivity index (χ1n) is 8.11. The van der Waals surface area contributed by atoms with E-state index < -0.39 is 20.0 Å². The normalized spacial score (nSPS) is 16.5. The van der Waals surface area contributed by atoms with E-state index >= 15 is 0 Å². The summed E-state index contributed by atoms with van der Waals surface area (Å²) in [5.74, 6) is 0. The summed E-state index contributed by atoms with van der Waals surface area (Å²) in [7, 11) is -7.58. The van der Waals surface area contributed by atoms with Crippen molar-refractivity contribution in [2.75, 3.05) is 26.3 Å². The Kier molecular flexibility index (Phi) is 5.73. The fourth-order valence-corrected chi connectivity index (χ4v) is 5.19. The lowest BCUT2D eigenvalue weighted by molar-refractivity contribution is 0.0730. The minimum atomic E-state index is -3.83. The summed E-state index contributed by atoms with van der Waals surface area (Å²) in [6.07, 6.45) is 0. The average molecular weight is 396 g/mol. The van der Waals surface area contributed by atoms with Gasteiger partial charge in [0.05, 0.1) is 23.0 Å². The van der Waals surface area contributed by atoms with E-state index in [4.69, 9.17) is 4.74 Å². The SMILES string of the molecule is O=S(=O)(NCc1ccccc1)c1cccc(S(=O)(=O)N2CCOCC2)c1. The van der Waals surface area contributed by atoms with Gasteiger partial charge in [0.1, 0.15) is 0 Å². The van der Waals surface area contributed by atoms with Crippen molar-refractivity contribution in [1.82, 2.24) is 9.03 Å². The van der Waals surface area contributed by atoms with Gasteiger partial charge in [0, 0.05) is 19.6 Å². The molecule has 1 heterocycles. The molecule has 1 N–H and O–H groups in total. The van der Waals surface area contributed by atoms with E-state index in [0.717, 1.165) is 5.56 Å². The molecule has 1 fully saturated rings. The topological polar surface area (TPSA) is 92.8 Å². The predicted octanol–water partition coefficient (Wildman–Crippen LogP) is 1.19. The molecule has 0 unspecified atom stereocenters. The van der Waals surface area contributed by atoms with Gasteiger partial charge < -0.3 is 4.74 Å². The van der Waals surface area contributed by atoms with Crippen molar-refractivity contribution >= 4 is 20.0 Å². The van der Waals surface area contributed by atoms with Crippen LogP contribution in [0.5, 0.6) is 0 Å². The molecule has 0 aromatic heterocycles. The zero-order valence-electron chi connectivity index (χ0n) is 14.0. The van der Waals surface area contributed by atoms with Crippen molar-refractivity contribution in [3.05, 3.63) is 60.2 Å². The van der Waals surface area contributed by atoms with Crippen LogP contribution < -0.4 is 4.72 Å². The van der Waals surface area contributed by atoms with Crippen LogP contribution in [0.25, 0.3) is 0 Å². The third-order valence-corrected chi connectivity index (χ3v) is 7.33. The summed E-state index contributed by atoms with van der Waals surface area (Å²) < 4.78 is 59.4. The minimum Gasteiger partial charge on any atom is -0.379 e. The van der Waals surface area contributed by atoms with Crippen molar-refractivity contribution in [3.8, 4) is 0 Å². The minimum absolute atomic E-state index is 0.0398. The molecule has 26 heavy (non-hydrogen) atoms. The van der Waals surface area contributed by atoms with Crippen molar-refractivity contribution < 1.29 is 21.6 Å². The van der Waals surface area contributed by atoms with E-state index in [1.165, 1.54) is 28.6 Å². The standard InChI is InChI=1S/C17H20N2O5S2/c20-25(21,18-14-15-5-2-1-3-6-15)16-7-4-8-17(13-16)26(22,23)19-9-11-24-12-10-19/h1-8,13,18H,9-12,14H2. The maximum atomic E-state index is 12.7. The highest BCUT2D eigenvalue weighted by atomic mass is 32.2. The van der Waals surface area contributed by atoms with E-state index in [9.17, 15) is 16.8 Å². The van der Waals surface area contributed by atoms with E-state index in [-0.39, 0.29) is 29.4 Å². The number of ether oxygens (including phenoxy) is 1. The second-order valence-electron chi connectivity index (χ2n) is 5.80. The van der Waals surface area contributed by atoms with Crippen LogP contribution in [0.4, 0.5) is 0 Å². The lowest BCUT2D eigenvalue weighted by Crippen LogP contribution is -2.40. The Morgan fingerprint density at radius 2 is 1.54 bits per heavy atom. The number of nitrogens with one attached hydrogen (secondary N) is 1. The summed E-state index contributed by atoms with van der Waals surface area (Å²) in [5, 5.41) is 0. The molecule has 0 amide bonds. The van der Waals surface area contributed by atoms with Crippen molar-refractivity contribution in [1.29, 1.82) is 0 Å². The fourth-order valence-electron chi connectivity index (χ4n) is 2.60. The second-order valence-corrected chi connectivity index (χ2v) is 9.51. The zero-order valence-corrected chi connectivity index (χ0v) is 15.7. The number of morpholine rings is 1. The van der Waals surface area contributed by atoms with Gasteiger partial charge in [0.2, 0.25) is 20.0 Å². The van der Waals surface area contributed by atoms with Gasteiger partial charge in [-0.3, -0.25) is 0 Å². The molecule has 0 saturated carbocycles. The van der Waals surface area contributed by atoms with Gasteiger partial charge in [-0.1, -0.05) is 36.4 Å². The largest absolute Gasteiger partial charge is 0.379 e. The Bertz CT molecular complexity index is 954. The van der Waals surface area contributed by atoms with Crippen molar-refractivity contribution in [2.45, 2.75) is 16.3 Å². The lowest BCUT2D eigenvalue weighted by Gasteiger charge is -2.26. The summed E-state index contributed by atoms with van der Waals surface area (Å²) in [5.41, 5.74) is 0.813. The molecule has 3 rings (SSSR count). The molecule has 2 aromatic carbocycles. The molecule has 1 saturated heterocycles. The number of nitrogens with zero attached hydrogens (tertiary/aromatic N) is 1. The molecule has 1 aliphatic rings. The molecule has 0 spiro atoms. The van der Waals surface area contributed by atoms with Gasteiger partial charge in [0.15, 0.2) is 0 Å². The van der Waals surface area contributed by atoms with E-state index in [1.54, 1.807) is 0 Å². The molecular weight excluding hydrogens is 376 g/mol. The molecule has 2 aromatic rings. The van der Waals surface area contributed by atoms with Gasteiger partial charge >= 0.3 is 0 Å². The number of hydrogen-bond donors (Lipinski definition) is 1.